The smallest absolute Gasteiger partial charge is 0.330 e. The van der Waals surface area contributed by atoms with Crippen LogP contribution in [0.3, 0.4) is 0 Å². The second-order valence-corrected chi connectivity index (χ2v) is 3.15. The van der Waals surface area contributed by atoms with Crippen molar-refractivity contribution in [3.8, 4) is 0 Å². The third-order valence-electron chi connectivity index (χ3n) is 1.99. The Morgan fingerprint density at radius 1 is 1.60 bits per heavy atom. The van der Waals surface area contributed by atoms with E-state index < -0.39 is 6.10 Å². The van der Waals surface area contributed by atoms with Crippen LogP contribution in [0.5, 0.6) is 0 Å². The number of rotatable bonds is 7. The fourth-order valence-corrected chi connectivity index (χ4v) is 0.998. The van der Waals surface area contributed by atoms with Gasteiger partial charge >= 0.3 is 5.97 Å². The predicted octanol–water partition coefficient (Wildman–Crippen LogP) is 1.99. The molecule has 0 spiro atoms. The Balaban J connectivity index is 3.62. The van der Waals surface area contributed by atoms with Crippen LogP contribution in [0.15, 0.2) is 37.0 Å². The molecule has 0 radical (unpaired) electrons. The molecule has 15 heavy (non-hydrogen) atoms. The summed E-state index contributed by atoms with van der Waals surface area (Å²) < 4.78 is 4.43. The summed E-state index contributed by atoms with van der Waals surface area (Å²) in [6, 6.07) is 0. The van der Waals surface area contributed by atoms with E-state index in [0.717, 1.165) is 12.8 Å². The highest BCUT2D eigenvalue weighted by molar-refractivity contribution is 5.81. The van der Waals surface area contributed by atoms with E-state index in [1.54, 1.807) is 12.2 Å². The van der Waals surface area contributed by atoms with Crippen LogP contribution in [-0.4, -0.2) is 24.3 Å². The van der Waals surface area contributed by atoms with E-state index in [-0.39, 0.29) is 5.97 Å². The molecule has 0 heterocycles. The zero-order valence-corrected chi connectivity index (χ0v) is 9.11. The number of unbranched alkanes of at least 4 members (excludes halogenated alkanes) is 1. The van der Waals surface area contributed by atoms with Crippen LogP contribution in [0.2, 0.25) is 0 Å². The predicted molar refractivity (Wildman–Crippen MR) is 60.4 cm³/mol. The molecule has 0 bridgehead atoms. The van der Waals surface area contributed by atoms with E-state index in [2.05, 4.69) is 17.9 Å². The van der Waals surface area contributed by atoms with Gasteiger partial charge in [0.2, 0.25) is 0 Å². The highest BCUT2D eigenvalue weighted by atomic mass is 16.5. The Labute approximate surface area is 90.8 Å². The summed E-state index contributed by atoms with van der Waals surface area (Å²) in [5, 5.41) is 9.49. The Morgan fingerprint density at radius 2 is 2.27 bits per heavy atom. The molecule has 0 saturated carbocycles. The largest absolute Gasteiger partial charge is 0.466 e. The lowest BCUT2D eigenvalue weighted by molar-refractivity contribution is -0.134. The highest BCUT2D eigenvalue weighted by Crippen LogP contribution is 2.09. The molecule has 0 fully saturated rings. The Morgan fingerprint density at radius 3 is 2.80 bits per heavy atom. The van der Waals surface area contributed by atoms with Gasteiger partial charge in [0.05, 0.1) is 13.2 Å². The maximum absolute atomic E-state index is 10.7. The first-order chi connectivity index (χ1) is 7.11. The normalized spacial score (nSPS) is 12.4. The molecule has 3 nitrogen and oxygen atoms in total. The van der Waals surface area contributed by atoms with Crippen molar-refractivity contribution in [1.82, 2.24) is 0 Å². The second-order valence-electron chi connectivity index (χ2n) is 3.15. The maximum atomic E-state index is 10.7. The third-order valence-corrected chi connectivity index (χ3v) is 1.99. The quantitative estimate of drug-likeness (QED) is 0.302. The Bertz CT molecular complexity index is 254. The maximum Gasteiger partial charge on any atom is 0.330 e. The van der Waals surface area contributed by atoms with Crippen molar-refractivity contribution in [1.29, 1.82) is 0 Å². The lowest BCUT2D eigenvalue weighted by Gasteiger charge is -2.08. The number of methoxy groups -OCH3 is 1. The molecule has 1 atom stereocenters. The molecule has 0 aliphatic rings. The minimum atomic E-state index is -0.533. The van der Waals surface area contributed by atoms with Crippen molar-refractivity contribution in [3.05, 3.63) is 37.0 Å². The first kappa shape index (κ1) is 13.7. The molecule has 1 unspecified atom stereocenters. The molecule has 0 aliphatic carbocycles. The van der Waals surface area contributed by atoms with Gasteiger partial charge in [-0.25, -0.2) is 4.79 Å². The molecule has 0 amide bonds. The van der Waals surface area contributed by atoms with Gasteiger partial charge in [-0.15, -0.1) is 0 Å². The van der Waals surface area contributed by atoms with Crippen LogP contribution in [0.1, 0.15) is 19.3 Å². The number of aliphatic hydroxyl groups is 1. The Kier molecular flexibility index (Phi) is 7.28. The molecule has 0 aromatic carbocycles. The topological polar surface area (TPSA) is 46.5 Å². The molecular weight excluding hydrogens is 192 g/mol. The fourth-order valence-electron chi connectivity index (χ4n) is 0.998. The number of ether oxygens (including phenoxy) is 1. The van der Waals surface area contributed by atoms with Crippen molar-refractivity contribution in [2.45, 2.75) is 25.4 Å². The number of allylic oxidation sites excluding steroid dienone is 1. The molecule has 1 N–H and O–H groups in total. The summed E-state index contributed by atoms with van der Waals surface area (Å²) in [7, 11) is 1.34. The van der Waals surface area contributed by atoms with E-state index >= 15 is 0 Å². The van der Waals surface area contributed by atoms with Crippen molar-refractivity contribution in [2.24, 2.45) is 0 Å². The van der Waals surface area contributed by atoms with Crippen LogP contribution < -0.4 is 0 Å². The molecule has 0 aromatic heterocycles. The highest BCUT2D eigenvalue weighted by Gasteiger charge is 2.03. The molecule has 0 rings (SSSR count). The number of esters is 1. The van der Waals surface area contributed by atoms with Gasteiger partial charge in [0.15, 0.2) is 0 Å². The van der Waals surface area contributed by atoms with E-state index in [1.807, 2.05) is 0 Å². The van der Waals surface area contributed by atoms with Gasteiger partial charge in [-0.05, 0) is 24.8 Å². The SMILES string of the molecule is C=CC(=C)C(O)CCC/C=C/C(=O)OC. The minimum absolute atomic E-state index is 0.356. The molecular formula is C12H18O3. The third kappa shape index (κ3) is 6.69. The van der Waals surface area contributed by atoms with Gasteiger partial charge in [0.1, 0.15) is 0 Å². The Hall–Kier alpha value is -1.35. The standard InChI is InChI=1S/C12H18O3/c1-4-10(2)11(13)8-6-5-7-9-12(14)15-3/h4,7,9,11,13H,1-2,5-6,8H2,3H3/b9-7+. The summed E-state index contributed by atoms with van der Waals surface area (Å²) in [5.41, 5.74) is 0.631. The summed E-state index contributed by atoms with van der Waals surface area (Å²) in [4.78, 5) is 10.7. The molecule has 0 aliphatic heterocycles. The van der Waals surface area contributed by atoms with Gasteiger partial charge in [0, 0.05) is 6.08 Å². The summed E-state index contributed by atoms with van der Waals surface area (Å²) in [6.07, 6.45) is 6.28. The number of carbonyl (C=O) groups excluding carboxylic acids is 1. The van der Waals surface area contributed by atoms with Gasteiger partial charge in [0.25, 0.3) is 0 Å². The molecule has 3 heteroatoms. The first-order valence-electron chi connectivity index (χ1n) is 4.85. The minimum Gasteiger partial charge on any atom is -0.466 e. The van der Waals surface area contributed by atoms with E-state index in [4.69, 9.17) is 0 Å². The summed E-state index contributed by atoms with van der Waals surface area (Å²) >= 11 is 0. The van der Waals surface area contributed by atoms with E-state index in [1.165, 1.54) is 13.2 Å². The van der Waals surface area contributed by atoms with Gasteiger partial charge in [-0.3, -0.25) is 0 Å². The van der Waals surface area contributed by atoms with Crippen molar-refractivity contribution in [2.75, 3.05) is 7.11 Å². The number of hydrogen-bond donors (Lipinski definition) is 1. The van der Waals surface area contributed by atoms with Gasteiger partial charge < -0.3 is 9.84 Å². The number of carbonyl (C=O) groups is 1. The summed E-state index contributed by atoms with van der Waals surface area (Å²) in [5.74, 6) is -0.356. The van der Waals surface area contributed by atoms with Gasteiger partial charge in [-0.2, -0.15) is 0 Å². The first-order valence-corrected chi connectivity index (χ1v) is 4.85. The van der Waals surface area contributed by atoms with Crippen molar-refractivity contribution >= 4 is 5.97 Å². The molecule has 0 aromatic rings. The van der Waals surface area contributed by atoms with Crippen LogP contribution >= 0.6 is 0 Å². The fraction of sp³-hybridized carbons (Fsp3) is 0.417. The van der Waals surface area contributed by atoms with E-state index in [9.17, 15) is 9.90 Å². The zero-order valence-electron chi connectivity index (χ0n) is 9.11. The lowest BCUT2D eigenvalue weighted by atomic mass is 10.1. The van der Waals surface area contributed by atoms with Gasteiger partial charge in [-0.1, -0.05) is 25.3 Å². The second kappa shape index (κ2) is 8.00. The van der Waals surface area contributed by atoms with Crippen LogP contribution in [-0.2, 0) is 9.53 Å². The average molecular weight is 210 g/mol. The van der Waals surface area contributed by atoms with Crippen LogP contribution in [0.25, 0.3) is 0 Å². The average Bonchev–Trinajstić information content (AvgIpc) is 2.26. The van der Waals surface area contributed by atoms with Crippen LogP contribution in [0, 0.1) is 0 Å². The van der Waals surface area contributed by atoms with Crippen molar-refractivity contribution in [3.63, 3.8) is 0 Å². The molecule has 84 valence electrons. The monoisotopic (exact) mass is 210 g/mol. The lowest BCUT2D eigenvalue weighted by Crippen LogP contribution is -2.07. The number of hydrogen-bond acceptors (Lipinski definition) is 3. The van der Waals surface area contributed by atoms with Crippen LogP contribution in [0.4, 0.5) is 0 Å². The summed E-state index contributed by atoms with van der Waals surface area (Å²) in [6.45, 7) is 7.18. The zero-order chi connectivity index (χ0) is 11.7. The van der Waals surface area contributed by atoms with E-state index in [0.29, 0.717) is 12.0 Å². The number of aliphatic hydroxyl groups excluding tert-OH is 1. The van der Waals surface area contributed by atoms with Crippen molar-refractivity contribution < 1.29 is 14.6 Å². The molecule has 0 saturated heterocycles.